The molecule has 7 nitrogen and oxygen atoms in total. The average molecular weight is 460 g/mol. The smallest absolute Gasteiger partial charge is 0.322 e. The van der Waals surface area contributed by atoms with Crippen molar-refractivity contribution in [1.82, 2.24) is 14.5 Å². The molecule has 0 saturated heterocycles. The van der Waals surface area contributed by atoms with Gasteiger partial charge in [0.05, 0.1) is 22.9 Å². The lowest BCUT2D eigenvalue weighted by Crippen LogP contribution is -2.14. The Labute approximate surface area is 186 Å². The number of para-hydroxylation sites is 1. The Morgan fingerprint density at radius 3 is 2.59 bits per heavy atom. The van der Waals surface area contributed by atoms with E-state index in [4.69, 9.17) is 4.74 Å². The number of aromatic nitrogens is 3. The van der Waals surface area contributed by atoms with Gasteiger partial charge >= 0.3 is 6.01 Å². The van der Waals surface area contributed by atoms with Gasteiger partial charge in [0.25, 0.3) is 0 Å². The normalized spacial score (nSPS) is 11.5. The molecule has 0 atom stereocenters. The fraction of sp³-hybridized carbons (Fsp3) is 0.348. The van der Waals surface area contributed by atoms with E-state index in [2.05, 4.69) is 9.97 Å². The second-order valence-corrected chi connectivity index (χ2v) is 9.71. The van der Waals surface area contributed by atoms with Crippen molar-refractivity contribution < 1.29 is 17.5 Å². The largest absolute Gasteiger partial charge is 0.421 e. The number of hydrogen-bond acceptors (Lipinski definition) is 6. The highest BCUT2D eigenvalue weighted by atomic mass is 32.2. The van der Waals surface area contributed by atoms with Gasteiger partial charge in [0, 0.05) is 24.9 Å². The molecule has 0 aliphatic carbocycles. The van der Waals surface area contributed by atoms with Crippen LogP contribution in [0.25, 0.3) is 11.3 Å². The van der Waals surface area contributed by atoms with Crippen molar-refractivity contribution in [1.29, 1.82) is 0 Å². The first-order valence-corrected chi connectivity index (χ1v) is 12.2. The highest BCUT2D eigenvalue weighted by Gasteiger charge is 2.18. The number of aryl methyl sites for hydroxylation is 2. The van der Waals surface area contributed by atoms with Crippen molar-refractivity contribution in [3.8, 4) is 23.0 Å². The maximum absolute atomic E-state index is 14.4. The van der Waals surface area contributed by atoms with Crippen molar-refractivity contribution in [2.75, 3.05) is 5.75 Å². The zero-order valence-electron chi connectivity index (χ0n) is 18.3. The van der Waals surface area contributed by atoms with Gasteiger partial charge in [-0.3, -0.25) is 4.79 Å². The first kappa shape index (κ1) is 23.6. The average Bonchev–Trinajstić information content (AvgIpc) is 2.75. The quantitative estimate of drug-likeness (QED) is 0.479. The van der Waals surface area contributed by atoms with Crippen molar-refractivity contribution in [3.05, 3.63) is 70.0 Å². The van der Waals surface area contributed by atoms with Gasteiger partial charge in [-0.25, -0.2) is 12.8 Å². The fourth-order valence-corrected chi connectivity index (χ4v) is 4.66. The van der Waals surface area contributed by atoms with Crippen molar-refractivity contribution >= 4 is 9.84 Å². The highest BCUT2D eigenvalue weighted by molar-refractivity contribution is 7.90. The molecule has 3 aromatic rings. The topological polar surface area (TPSA) is 91.2 Å². The van der Waals surface area contributed by atoms with E-state index in [0.717, 1.165) is 6.42 Å². The number of ether oxygens (including phenoxy) is 1. The summed E-state index contributed by atoms with van der Waals surface area (Å²) >= 11 is 0. The Morgan fingerprint density at radius 1 is 1.12 bits per heavy atom. The van der Waals surface area contributed by atoms with Gasteiger partial charge in [0.15, 0.2) is 21.4 Å². The van der Waals surface area contributed by atoms with E-state index in [1.165, 1.54) is 16.7 Å². The zero-order valence-corrected chi connectivity index (χ0v) is 19.2. The molecule has 2 aromatic heterocycles. The summed E-state index contributed by atoms with van der Waals surface area (Å²) in [5, 5.41) is 0. The van der Waals surface area contributed by atoms with E-state index in [0.29, 0.717) is 29.7 Å². The van der Waals surface area contributed by atoms with Crippen LogP contribution in [-0.4, -0.2) is 28.7 Å². The summed E-state index contributed by atoms with van der Waals surface area (Å²) in [6.07, 6.45) is 3.43. The van der Waals surface area contributed by atoms with E-state index in [1.54, 1.807) is 37.5 Å². The molecular weight excluding hydrogens is 433 g/mol. The third-order valence-electron chi connectivity index (χ3n) is 4.94. The molecular formula is C23H26FN3O4S. The van der Waals surface area contributed by atoms with Gasteiger partial charge in [-0.2, -0.15) is 9.97 Å². The number of unbranched alkanes of at least 4 members (excludes halogenated alkanes) is 1. The lowest BCUT2D eigenvalue weighted by atomic mass is 10.1. The Balaban J connectivity index is 2.08. The maximum atomic E-state index is 14.4. The molecule has 9 heteroatoms. The molecule has 0 fully saturated rings. The molecule has 0 amide bonds. The summed E-state index contributed by atoms with van der Waals surface area (Å²) in [7, 11) is -1.79. The monoisotopic (exact) mass is 459 g/mol. The molecule has 0 unspecified atom stereocenters. The second kappa shape index (κ2) is 10.0. The minimum atomic E-state index is -3.40. The summed E-state index contributed by atoms with van der Waals surface area (Å²) in [5.74, 6) is -0.792. The SMILES string of the molecule is CCCCS(=O)(=O)Cc1cc(-c2ccc(=O)n(C)c2)nc(Oc2c(F)cccc2CC)n1. The van der Waals surface area contributed by atoms with Gasteiger partial charge in [-0.15, -0.1) is 0 Å². The number of halogens is 1. The van der Waals surface area contributed by atoms with Crippen LogP contribution in [0.3, 0.4) is 0 Å². The summed E-state index contributed by atoms with van der Waals surface area (Å²) in [4.78, 5) is 20.4. The van der Waals surface area contributed by atoms with E-state index in [-0.39, 0.29) is 34.5 Å². The molecule has 170 valence electrons. The van der Waals surface area contributed by atoms with E-state index in [1.807, 2.05) is 13.8 Å². The summed E-state index contributed by atoms with van der Waals surface area (Å²) in [6, 6.07) is 8.99. The molecule has 1 aromatic carbocycles. The fourth-order valence-electron chi connectivity index (χ4n) is 3.19. The zero-order chi connectivity index (χ0) is 23.3. The van der Waals surface area contributed by atoms with Crippen LogP contribution >= 0.6 is 0 Å². The van der Waals surface area contributed by atoms with Gasteiger partial charge in [0.1, 0.15) is 0 Å². The van der Waals surface area contributed by atoms with Gasteiger partial charge < -0.3 is 9.30 Å². The minimum absolute atomic E-state index is 0.00685. The van der Waals surface area contributed by atoms with Crippen molar-refractivity contribution in [3.63, 3.8) is 0 Å². The van der Waals surface area contributed by atoms with Crippen LogP contribution in [-0.2, 0) is 29.1 Å². The standard InChI is InChI=1S/C23H26FN3O4S/c1-4-6-12-32(29,30)15-18-13-20(17-10-11-21(28)27(3)14-17)26-23(25-18)31-22-16(5-2)8-7-9-19(22)24/h7-11,13-14H,4-6,12,15H2,1-3H3. The van der Waals surface area contributed by atoms with E-state index < -0.39 is 15.7 Å². The van der Waals surface area contributed by atoms with Crippen LogP contribution in [0.1, 0.15) is 37.9 Å². The van der Waals surface area contributed by atoms with Crippen LogP contribution < -0.4 is 10.3 Å². The third kappa shape index (κ3) is 5.79. The van der Waals surface area contributed by atoms with Crippen LogP contribution in [0.15, 0.2) is 47.4 Å². The molecule has 0 N–H and O–H groups in total. The van der Waals surface area contributed by atoms with E-state index in [9.17, 15) is 17.6 Å². The number of nitrogens with zero attached hydrogens (tertiary/aromatic N) is 3. The first-order chi connectivity index (χ1) is 15.2. The predicted octanol–water partition coefficient (Wildman–Crippen LogP) is 4.05. The Hall–Kier alpha value is -3.07. The van der Waals surface area contributed by atoms with Gasteiger partial charge in [0.2, 0.25) is 5.56 Å². The Morgan fingerprint density at radius 2 is 1.91 bits per heavy atom. The predicted molar refractivity (Wildman–Crippen MR) is 121 cm³/mol. The lowest BCUT2D eigenvalue weighted by Gasteiger charge is -2.12. The number of rotatable bonds is 9. The molecule has 2 heterocycles. The maximum Gasteiger partial charge on any atom is 0.322 e. The molecule has 0 bridgehead atoms. The molecule has 3 rings (SSSR count). The van der Waals surface area contributed by atoms with Crippen LogP contribution in [0.2, 0.25) is 0 Å². The van der Waals surface area contributed by atoms with Crippen LogP contribution in [0.4, 0.5) is 4.39 Å². The highest BCUT2D eigenvalue weighted by Crippen LogP contribution is 2.29. The Kier molecular flexibility index (Phi) is 7.40. The van der Waals surface area contributed by atoms with Gasteiger partial charge in [-0.1, -0.05) is 32.4 Å². The first-order valence-electron chi connectivity index (χ1n) is 10.4. The molecule has 0 aliphatic heterocycles. The number of pyridine rings is 1. The van der Waals surface area contributed by atoms with Gasteiger partial charge in [-0.05, 0) is 36.6 Å². The molecule has 0 aliphatic rings. The second-order valence-electron chi connectivity index (χ2n) is 7.52. The van der Waals surface area contributed by atoms with Crippen molar-refractivity contribution in [2.24, 2.45) is 7.05 Å². The van der Waals surface area contributed by atoms with Crippen LogP contribution in [0, 0.1) is 5.82 Å². The molecule has 0 saturated carbocycles. The minimum Gasteiger partial charge on any atom is -0.421 e. The molecule has 32 heavy (non-hydrogen) atoms. The summed E-state index contributed by atoms with van der Waals surface area (Å²) in [6.45, 7) is 3.79. The number of benzene rings is 1. The number of sulfone groups is 1. The molecule has 0 spiro atoms. The van der Waals surface area contributed by atoms with Crippen molar-refractivity contribution in [2.45, 2.75) is 38.9 Å². The summed E-state index contributed by atoms with van der Waals surface area (Å²) < 4.78 is 46.6. The van der Waals surface area contributed by atoms with E-state index >= 15 is 0 Å². The Bertz CT molecular complexity index is 1270. The van der Waals surface area contributed by atoms with Crippen LogP contribution in [0.5, 0.6) is 11.8 Å². The number of hydrogen-bond donors (Lipinski definition) is 0. The summed E-state index contributed by atoms with van der Waals surface area (Å²) in [5.41, 5.74) is 1.64. The molecule has 0 radical (unpaired) electrons. The third-order valence-corrected chi connectivity index (χ3v) is 6.59. The lowest BCUT2D eigenvalue weighted by molar-refractivity contribution is 0.405.